The highest BCUT2D eigenvalue weighted by Gasteiger charge is 2.27. The number of amides is 1. The molecule has 0 aromatic rings. The minimum absolute atomic E-state index is 0.122. The number of hydrogen-bond donors (Lipinski definition) is 4. The van der Waals surface area contributed by atoms with Crippen molar-refractivity contribution in [2.24, 2.45) is 5.92 Å². The van der Waals surface area contributed by atoms with Crippen LogP contribution in [-0.2, 0) is 9.59 Å². The first kappa shape index (κ1) is 13.9. The van der Waals surface area contributed by atoms with Crippen molar-refractivity contribution < 1.29 is 19.8 Å². The Bertz CT molecular complexity index is 283. The summed E-state index contributed by atoms with van der Waals surface area (Å²) < 4.78 is 0. The van der Waals surface area contributed by atoms with Gasteiger partial charge in [0, 0.05) is 19.5 Å². The SMILES string of the molecule is CC(CCC(=O)O)CNC(=O)C1CC(O)CN1. The Labute approximate surface area is 100 Å². The monoisotopic (exact) mass is 244 g/mol. The molecule has 1 rings (SSSR count). The Morgan fingerprint density at radius 2 is 2.24 bits per heavy atom. The number of nitrogens with one attached hydrogen (secondary N) is 2. The van der Waals surface area contributed by atoms with E-state index in [1.54, 1.807) is 0 Å². The fourth-order valence-electron chi connectivity index (χ4n) is 1.79. The van der Waals surface area contributed by atoms with Crippen LogP contribution in [0.2, 0.25) is 0 Å². The Kier molecular flexibility index (Phi) is 5.37. The second-order valence-electron chi connectivity index (χ2n) is 4.63. The fraction of sp³-hybridized carbons (Fsp3) is 0.818. The molecule has 3 atom stereocenters. The van der Waals surface area contributed by atoms with Crippen LogP contribution < -0.4 is 10.6 Å². The van der Waals surface area contributed by atoms with E-state index in [-0.39, 0.29) is 24.3 Å². The van der Waals surface area contributed by atoms with Crippen molar-refractivity contribution in [1.29, 1.82) is 0 Å². The second kappa shape index (κ2) is 6.56. The zero-order valence-electron chi connectivity index (χ0n) is 9.98. The van der Waals surface area contributed by atoms with E-state index in [0.29, 0.717) is 25.9 Å². The van der Waals surface area contributed by atoms with E-state index in [2.05, 4.69) is 10.6 Å². The third kappa shape index (κ3) is 5.14. The summed E-state index contributed by atoms with van der Waals surface area (Å²) in [5.41, 5.74) is 0. The second-order valence-corrected chi connectivity index (χ2v) is 4.63. The average molecular weight is 244 g/mol. The summed E-state index contributed by atoms with van der Waals surface area (Å²) in [6, 6.07) is -0.323. The molecule has 1 aliphatic heterocycles. The zero-order chi connectivity index (χ0) is 12.8. The summed E-state index contributed by atoms with van der Waals surface area (Å²) in [5, 5.41) is 23.5. The summed E-state index contributed by atoms with van der Waals surface area (Å²) in [7, 11) is 0. The largest absolute Gasteiger partial charge is 0.481 e. The van der Waals surface area contributed by atoms with Crippen LogP contribution in [0, 0.1) is 5.92 Å². The molecule has 17 heavy (non-hydrogen) atoms. The Morgan fingerprint density at radius 3 is 2.76 bits per heavy atom. The third-order valence-electron chi connectivity index (χ3n) is 2.90. The summed E-state index contributed by atoms with van der Waals surface area (Å²) >= 11 is 0. The summed E-state index contributed by atoms with van der Waals surface area (Å²) in [5.74, 6) is -0.797. The molecule has 1 fully saturated rings. The predicted octanol–water partition coefficient (Wildman–Crippen LogP) is -0.674. The molecule has 0 radical (unpaired) electrons. The van der Waals surface area contributed by atoms with Gasteiger partial charge in [-0.15, -0.1) is 0 Å². The van der Waals surface area contributed by atoms with Crippen molar-refractivity contribution in [1.82, 2.24) is 10.6 Å². The molecule has 0 saturated carbocycles. The molecule has 98 valence electrons. The molecule has 0 aliphatic carbocycles. The molecule has 1 aliphatic rings. The number of carboxylic acids is 1. The number of aliphatic hydroxyl groups is 1. The normalized spacial score (nSPS) is 25.5. The van der Waals surface area contributed by atoms with Crippen LogP contribution in [-0.4, -0.2) is 47.3 Å². The molecule has 0 aromatic heterocycles. The highest BCUT2D eigenvalue weighted by molar-refractivity contribution is 5.82. The maximum Gasteiger partial charge on any atom is 0.303 e. The Balaban J connectivity index is 2.17. The van der Waals surface area contributed by atoms with Crippen molar-refractivity contribution in [2.75, 3.05) is 13.1 Å². The van der Waals surface area contributed by atoms with Crippen LogP contribution >= 0.6 is 0 Å². The number of aliphatic carboxylic acids is 1. The van der Waals surface area contributed by atoms with Gasteiger partial charge in [0.1, 0.15) is 0 Å². The molecule has 1 saturated heterocycles. The maximum atomic E-state index is 11.6. The lowest BCUT2D eigenvalue weighted by molar-refractivity contribution is -0.137. The number of carbonyl (C=O) groups excluding carboxylic acids is 1. The minimum Gasteiger partial charge on any atom is -0.481 e. The quantitative estimate of drug-likeness (QED) is 0.496. The number of β-amino-alcohol motifs (C(OH)–C–C–N with tert-alkyl or cyclic N) is 1. The van der Waals surface area contributed by atoms with Gasteiger partial charge in [-0.05, 0) is 18.8 Å². The molecule has 1 amide bonds. The fourth-order valence-corrected chi connectivity index (χ4v) is 1.79. The van der Waals surface area contributed by atoms with E-state index in [9.17, 15) is 14.7 Å². The number of hydrogen-bond acceptors (Lipinski definition) is 4. The van der Waals surface area contributed by atoms with Gasteiger partial charge in [-0.3, -0.25) is 9.59 Å². The van der Waals surface area contributed by atoms with Crippen LogP contribution in [0.25, 0.3) is 0 Å². The topological polar surface area (TPSA) is 98.7 Å². The van der Waals surface area contributed by atoms with Crippen LogP contribution in [0.1, 0.15) is 26.2 Å². The van der Waals surface area contributed by atoms with Crippen molar-refractivity contribution in [3.8, 4) is 0 Å². The van der Waals surface area contributed by atoms with Gasteiger partial charge in [0.15, 0.2) is 0 Å². The van der Waals surface area contributed by atoms with Crippen LogP contribution in [0.3, 0.4) is 0 Å². The van der Waals surface area contributed by atoms with Crippen molar-refractivity contribution in [3.63, 3.8) is 0 Å². The van der Waals surface area contributed by atoms with Gasteiger partial charge in [-0.25, -0.2) is 0 Å². The third-order valence-corrected chi connectivity index (χ3v) is 2.90. The first-order chi connectivity index (χ1) is 7.99. The van der Waals surface area contributed by atoms with Gasteiger partial charge >= 0.3 is 5.97 Å². The highest BCUT2D eigenvalue weighted by atomic mass is 16.4. The van der Waals surface area contributed by atoms with Gasteiger partial charge in [0.25, 0.3) is 0 Å². The molecular weight excluding hydrogens is 224 g/mol. The highest BCUT2D eigenvalue weighted by Crippen LogP contribution is 2.07. The molecule has 6 heteroatoms. The van der Waals surface area contributed by atoms with Gasteiger partial charge in [0.2, 0.25) is 5.91 Å². The Hall–Kier alpha value is -1.14. The number of aliphatic hydroxyl groups excluding tert-OH is 1. The number of rotatable bonds is 6. The summed E-state index contributed by atoms with van der Waals surface area (Å²) in [6.07, 6.45) is 0.665. The molecule has 3 unspecified atom stereocenters. The lowest BCUT2D eigenvalue weighted by Gasteiger charge is -2.14. The van der Waals surface area contributed by atoms with Gasteiger partial charge in [-0.1, -0.05) is 6.92 Å². The first-order valence-corrected chi connectivity index (χ1v) is 5.90. The molecule has 0 spiro atoms. The zero-order valence-corrected chi connectivity index (χ0v) is 9.98. The van der Waals surface area contributed by atoms with E-state index in [1.165, 1.54) is 0 Å². The molecule has 6 nitrogen and oxygen atoms in total. The van der Waals surface area contributed by atoms with Crippen molar-refractivity contribution >= 4 is 11.9 Å². The van der Waals surface area contributed by atoms with E-state index >= 15 is 0 Å². The van der Waals surface area contributed by atoms with Crippen LogP contribution in [0.4, 0.5) is 0 Å². The summed E-state index contributed by atoms with van der Waals surface area (Å²) in [4.78, 5) is 22.0. The molecule has 4 N–H and O–H groups in total. The van der Waals surface area contributed by atoms with Gasteiger partial charge in [-0.2, -0.15) is 0 Å². The van der Waals surface area contributed by atoms with E-state index < -0.39 is 12.1 Å². The molecule has 0 aromatic carbocycles. The van der Waals surface area contributed by atoms with Gasteiger partial charge < -0.3 is 20.8 Å². The van der Waals surface area contributed by atoms with E-state index in [1.807, 2.05) is 6.92 Å². The molecule has 0 bridgehead atoms. The molecular formula is C11H20N2O4. The smallest absolute Gasteiger partial charge is 0.303 e. The van der Waals surface area contributed by atoms with Crippen molar-refractivity contribution in [3.05, 3.63) is 0 Å². The summed E-state index contributed by atoms with van der Waals surface area (Å²) in [6.45, 7) is 2.83. The lowest BCUT2D eigenvalue weighted by Crippen LogP contribution is -2.42. The van der Waals surface area contributed by atoms with Crippen LogP contribution in [0.5, 0.6) is 0 Å². The van der Waals surface area contributed by atoms with Crippen molar-refractivity contribution in [2.45, 2.75) is 38.3 Å². The molecule has 1 heterocycles. The predicted molar refractivity (Wildman–Crippen MR) is 61.5 cm³/mol. The lowest BCUT2D eigenvalue weighted by atomic mass is 10.1. The van der Waals surface area contributed by atoms with Gasteiger partial charge in [0.05, 0.1) is 12.1 Å². The van der Waals surface area contributed by atoms with E-state index in [4.69, 9.17) is 5.11 Å². The number of carboxylic acid groups (broad SMARTS) is 1. The number of carbonyl (C=O) groups is 2. The maximum absolute atomic E-state index is 11.6. The minimum atomic E-state index is -0.816. The van der Waals surface area contributed by atoms with Crippen LogP contribution in [0.15, 0.2) is 0 Å². The first-order valence-electron chi connectivity index (χ1n) is 5.90. The standard InChI is InChI=1S/C11H20N2O4/c1-7(2-3-10(15)16)5-13-11(17)9-4-8(14)6-12-9/h7-9,12,14H,2-6H2,1H3,(H,13,17)(H,15,16). The average Bonchev–Trinajstić information content (AvgIpc) is 2.70. The Morgan fingerprint density at radius 1 is 1.53 bits per heavy atom. The van der Waals surface area contributed by atoms with E-state index in [0.717, 1.165) is 0 Å².